The maximum atomic E-state index is 5.59. The summed E-state index contributed by atoms with van der Waals surface area (Å²) in [6, 6.07) is 7.01. The van der Waals surface area contributed by atoms with E-state index in [2.05, 4.69) is 34.9 Å². The Morgan fingerprint density at radius 2 is 2.16 bits per heavy atom. The fourth-order valence-corrected chi connectivity index (χ4v) is 2.99. The van der Waals surface area contributed by atoms with Gasteiger partial charge in [-0.25, -0.2) is 0 Å². The minimum absolute atomic E-state index is 0.537. The van der Waals surface area contributed by atoms with Crippen LogP contribution in [0.25, 0.3) is 0 Å². The van der Waals surface area contributed by atoms with Crippen LogP contribution in [-0.4, -0.2) is 57.4 Å². The largest absolute Gasteiger partial charge is 0.496 e. The van der Waals surface area contributed by atoms with E-state index in [1.165, 1.54) is 11.3 Å². The molecule has 0 saturated carbocycles. The quantitative estimate of drug-likeness (QED) is 0.807. The van der Waals surface area contributed by atoms with Crippen molar-refractivity contribution in [2.75, 3.05) is 51.4 Å². The number of nitrogens with zero attached hydrogens (tertiary/aromatic N) is 2. The van der Waals surface area contributed by atoms with E-state index in [0.717, 1.165) is 45.1 Å². The Bertz CT molecular complexity index is 450. The predicted molar refractivity (Wildman–Crippen MR) is 76.1 cm³/mol. The molecule has 0 unspecified atom stereocenters. The van der Waals surface area contributed by atoms with Crippen molar-refractivity contribution in [2.45, 2.75) is 13.0 Å². The van der Waals surface area contributed by atoms with Gasteiger partial charge in [0, 0.05) is 37.9 Å². The number of hydrogen-bond donors (Lipinski definition) is 0. The highest BCUT2D eigenvalue weighted by Crippen LogP contribution is 2.27. The molecular formula is C15H22N2O2. The fraction of sp³-hybridized carbons (Fsp3) is 0.600. The van der Waals surface area contributed by atoms with Crippen molar-refractivity contribution in [3.8, 4) is 5.75 Å². The first-order valence-corrected chi connectivity index (χ1v) is 6.99. The molecule has 0 aromatic heterocycles. The molecule has 1 aromatic carbocycles. The van der Waals surface area contributed by atoms with Crippen molar-refractivity contribution >= 4 is 5.69 Å². The smallest absolute Gasteiger partial charge is 0.123 e. The number of methoxy groups -OCH3 is 1. The standard InChI is InChI=1S/C15H22N2O2/c1-12-3-4-13(9-15(12)18-2)17-6-5-16-7-8-19-11-14(16)10-17/h3-4,9,14H,5-8,10-11H2,1-2H3/t14-/m0/s1. The van der Waals surface area contributed by atoms with Crippen LogP contribution in [0.15, 0.2) is 18.2 Å². The molecule has 0 bridgehead atoms. The molecule has 2 aliphatic rings. The second-order valence-electron chi connectivity index (χ2n) is 5.36. The molecule has 0 radical (unpaired) electrons. The predicted octanol–water partition coefficient (Wildman–Crippen LogP) is 1.52. The highest BCUT2D eigenvalue weighted by Gasteiger charge is 2.29. The normalized spacial score (nSPS) is 24.1. The number of ether oxygens (including phenoxy) is 2. The highest BCUT2D eigenvalue weighted by molar-refractivity contribution is 5.54. The summed E-state index contributed by atoms with van der Waals surface area (Å²) in [5, 5.41) is 0. The van der Waals surface area contributed by atoms with Crippen LogP contribution in [0.4, 0.5) is 5.69 Å². The molecule has 0 spiro atoms. The van der Waals surface area contributed by atoms with Crippen LogP contribution in [0.5, 0.6) is 5.75 Å². The first kappa shape index (κ1) is 12.8. The Labute approximate surface area is 114 Å². The summed E-state index contributed by atoms with van der Waals surface area (Å²) >= 11 is 0. The van der Waals surface area contributed by atoms with Crippen molar-refractivity contribution in [2.24, 2.45) is 0 Å². The number of aryl methyl sites for hydroxylation is 1. The van der Waals surface area contributed by atoms with Crippen LogP contribution in [0, 0.1) is 6.92 Å². The van der Waals surface area contributed by atoms with Crippen molar-refractivity contribution in [3.63, 3.8) is 0 Å². The molecule has 0 aliphatic carbocycles. The Morgan fingerprint density at radius 1 is 1.26 bits per heavy atom. The van der Waals surface area contributed by atoms with Crippen LogP contribution in [0.2, 0.25) is 0 Å². The van der Waals surface area contributed by atoms with E-state index in [1.807, 2.05) is 0 Å². The Morgan fingerprint density at radius 3 is 3.00 bits per heavy atom. The monoisotopic (exact) mass is 262 g/mol. The maximum absolute atomic E-state index is 5.59. The van der Waals surface area contributed by atoms with E-state index in [1.54, 1.807) is 7.11 Å². The summed E-state index contributed by atoms with van der Waals surface area (Å²) in [5.41, 5.74) is 2.44. The average molecular weight is 262 g/mol. The molecule has 4 heteroatoms. The number of piperazine rings is 1. The number of fused-ring (bicyclic) bond motifs is 1. The van der Waals surface area contributed by atoms with Crippen molar-refractivity contribution in [1.82, 2.24) is 4.90 Å². The van der Waals surface area contributed by atoms with Crippen LogP contribution in [0.3, 0.4) is 0 Å². The molecule has 2 aliphatic heterocycles. The topological polar surface area (TPSA) is 24.9 Å². The van der Waals surface area contributed by atoms with E-state index >= 15 is 0 Å². The zero-order valence-corrected chi connectivity index (χ0v) is 11.8. The minimum Gasteiger partial charge on any atom is -0.496 e. The zero-order chi connectivity index (χ0) is 13.2. The lowest BCUT2D eigenvalue weighted by Crippen LogP contribution is -2.58. The van der Waals surface area contributed by atoms with E-state index in [9.17, 15) is 0 Å². The number of benzene rings is 1. The molecule has 3 rings (SSSR count). The molecule has 104 valence electrons. The molecule has 4 nitrogen and oxygen atoms in total. The maximum Gasteiger partial charge on any atom is 0.123 e. The second kappa shape index (κ2) is 5.39. The number of rotatable bonds is 2. The second-order valence-corrected chi connectivity index (χ2v) is 5.36. The fourth-order valence-electron chi connectivity index (χ4n) is 2.99. The Kier molecular flexibility index (Phi) is 3.62. The molecule has 0 amide bonds. The van der Waals surface area contributed by atoms with Gasteiger partial charge >= 0.3 is 0 Å². The van der Waals surface area contributed by atoms with E-state index < -0.39 is 0 Å². The summed E-state index contributed by atoms with van der Waals surface area (Å²) in [7, 11) is 1.74. The van der Waals surface area contributed by atoms with Gasteiger partial charge in [-0.3, -0.25) is 4.90 Å². The third-order valence-electron chi connectivity index (χ3n) is 4.19. The average Bonchev–Trinajstić information content (AvgIpc) is 2.47. The Balaban J connectivity index is 1.75. The van der Waals surface area contributed by atoms with Crippen LogP contribution >= 0.6 is 0 Å². The lowest BCUT2D eigenvalue weighted by molar-refractivity contribution is -0.0116. The summed E-state index contributed by atoms with van der Waals surface area (Å²) in [6.07, 6.45) is 0. The van der Waals surface area contributed by atoms with Crippen molar-refractivity contribution in [3.05, 3.63) is 23.8 Å². The third-order valence-corrected chi connectivity index (χ3v) is 4.19. The third kappa shape index (κ3) is 2.55. The summed E-state index contributed by atoms with van der Waals surface area (Å²) in [4.78, 5) is 4.99. The molecule has 2 heterocycles. The number of anilines is 1. The van der Waals surface area contributed by atoms with E-state index in [0.29, 0.717) is 6.04 Å². The Hall–Kier alpha value is -1.26. The van der Waals surface area contributed by atoms with Gasteiger partial charge in [-0.1, -0.05) is 6.07 Å². The first-order valence-electron chi connectivity index (χ1n) is 6.99. The van der Waals surface area contributed by atoms with Crippen molar-refractivity contribution < 1.29 is 9.47 Å². The number of morpholine rings is 1. The van der Waals surface area contributed by atoms with Gasteiger partial charge in [-0.15, -0.1) is 0 Å². The highest BCUT2D eigenvalue weighted by atomic mass is 16.5. The van der Waals surface area contributed by atoms with Crippen molar-refractivity contribution in [1.29, 1.82) is 0 Å². The van der Waals surface area contributed by atoms with Crippen LogP contribution < -0.4 is 9.64 Å². The molecule has 1 aromatic rings. The van der Waals surface area contributed by atoms with Gasteiger partial charge in [0.1, 0.15) is 5.75 Å². The molecule has 19 heavy (non-hydrogen) atoms. The van der Waals surface area contributed by atoms with Gasteiger partial charge < -0.3 is 14.4 Å². The van der Waals surface area contributed by atoms with Crippen LogP contribution in [0.1, 0.15) is 5.56 Å². The van der Waals surface area contributed by atoms with Gasteiger partial charge in [-0.05, 0) is 18.6 Å². The van der Waals surface area contributed by atoms with Gasteiger partial charge in [-0.2, -0.15) is 0 Å². The number of hydrogen-bond acceptors (Lipinski definition) is 4. The van der Waals surface area contributed by atoms with Gasteiger partial charge in [0.25, 0.3) is 0 Å². The van der Waals surface area contributed by atoms with Crippen LogP contribution in [-0.2, 0) is 4.74 Å². The molecule has 2 fully saturated rings. The molecular weight excluding hydrogens is 240 g/mol. The molecule has 0 N–H and O–H groups in total. The minimum atomic E-state index is 0.537. The molecule has 2 saturated heterocycles. The van der Waals surface area contributed by atoms with Gasteiger partial charge in [0.2, 0.25) is 0 Å². The summed E-state index contributed by atoms with van der Waals surface area (Å²) in [5.74, 6) is 0.972. The van der Waals surface area contributed by atoms with E-state index in [4.69, 9.17) is 9.47 Å². The lowest BCUT2D eigenvalue weighted by Gasteiger charge is -2.44. The first-order chi connectivity index (χ1) is 9.28. The molecule has 1 atom stereocenters. The van der Waals surface area contributed by atoms with Gasteiger partial charge in [0.05, 0.1) is 26.4 Å². The summed E-state index contributed by atoms with van der Waals surface area (Å²) in [6.45, 7) is 8.17. The lowest BCUT2D eigenvalue weighted by atomic mass is 10.1. The zero-order valence-electron chi connectivity index (χ0n) is 11.8. The van der Waals surface area contributed by atoms with Gasteiger partial charge in [0.15, 0.2) is 0 Å². The van der Waals surface area contributed by atoms with E-state index in [-0.39, 0.29) is 0 Å². The SMILES string of the molecule is COc1cc(N2CCN3CCOC[C@@H]3C2)ccc1C. The summed E-state index contributed by atoms with van der Waals surface area (Å²) < 4.78 is 11.0.